The number of piperidine rings is 1. The van der Waals surface area contributed by atoms with Gasteiger partial charge in [0.15, 0.2) is 0 Å². The van der Waals surface area contributed by atoms with Crippen molar-refractivity contribution in [3.63, 3.8) is 0 Å². The SMILES string of the molecule is O=C1N[C@@]2(CCCN(C(=O)c3cnccn3)C2)Oc2ccccc21. The first-order valence-electron chi connectivity index (χ1n) is 7.83. The molecule has 2 amide bonds. The number of benzene rings is 1. The minimum atomic E-state index is -0.887. The van der Waals surface area contributed by atoms with E-state index in [4.69, 9.17) is 4.74 Å². The Morgan fingerprint density at radius 1 is 1.29 bits per heavy atom. The van der Waals surface area contributed by atoms with E-state index in [0.717, 1.165) is 6.42 Å². The second-order valence-corrected chi connectivity index (χ2v) is 5.97. The van der Waals surface area contributed by atoms with Crippen molar-refractivity contribution in [2.24, 2.45) is 0 Å². The summed E-state index contributed by atoms with van der Waals surface area (Å²) in [4.78, 5) is 34.6. The van der Waals surface area contributed by atoms with Crippen LogP contribution in [0.15, 0.2) is 42.9 Å². The lowest BCUT2D eigenvalue weighted by Crippen LogP contribution is -2.64. The lowest BCUT2D eigenvalue weighted by atomic mass is 9.97. The van der Waals surface area contributed by atoms with Crippen molar-refractivity contribution < 1.29 is 14.3 Å². The van der Waals surface area contributed by atoms with Crippen LogP contribution in [0, 0.1) is 0 Å². The predicted molar refractivity (Wildman–Crippen MR) is 84.4 cm³/mol. The Bertz CT molecular complexity index is 795. The topological polar surface area (TPSA) is 84.4 Å². The highest BCUT2D eigenvalue weighted by molar-refractivity contribution is 5.98. The fourth-order valence-corrected chi connectivity index (χ4v) is 3.21. The molecule has 0 aliphatic carbocycles. The maximum absolute atomic E-state index is 12.6. The quantitative estimate of drug-likeness (QED) is 0.853. The van der Waals surface area contributed by atoms with E-state index in [9.17, 15) is 9.59 Å². The maximum Gasteiger partial charge on any atom is 0.274 e. The van der Waals surface area contributed by atoms with Crippen LogP contribution in [0.25, 0.3) is 0 Å². The number of rotatable bonds is 1. The molecule has 1 N–H and O–H groups in total. The van der Waals surface area contributed by atoms with Gasteiger partial charge in [0.2, 0.25) is 5.72 Å². The lowest BCUT2D eigenvalue weighted by Gasteiger charge is -2.45. The number of ether oxygens (including phenoxy) is 1. The molecule has 1 aromatic heterocycles. The van der Waals surface area contributed by atoms with Crippen LogP contribution in [0.2, 0.25) is 0 Å². The lowest BCUT2D eigenvalue weighted by molar-refractivity contribution is -0.0315. The Kier molecular flexibility index (Phi) is 3.41. The number of likely N-dealkylation sites (tertiary alicyclic amines) is 1. The van der Waals surface area contributed by atoms with Crippen molar-refractivity contribution in [2.45, 2.75) is 18.6 Å². The van der Waals surface area contributed by atoms with Gasteiger partial charge in [-0.25, -0.2) is 4.98 Å². The number of aromatic nitrogens is 2. The smallest absolute Gasteiger partial charge is 0.274 e. The monoisotopic (exact) mass is 324 g/mol. The number of hydrogen-bond acceptors (Lipinski definition) is 5. The predicted octanol–water partition coefficient (Wildman–Crippen LogP) is 1.23. The van der Waals surface area contributed by atoms with E-state index in [0.29, 0.717) is 24.3 Å². The number of carbonyl (C=O) groups excluding carboxylic acids is 2. The van der Waals surface area contributed by atoms with Gasteiger partial charge in [0.1, 0.15) is 11.4 Å². The van der Waals surface area contributed by atoms with Crippen LogP contribution < -0.4 is 10.1 Å². The van der Waals surface area contributed by atoms with Gasteiger partial charge in [-0.05, 0) is 18.6 Å². The number of fused-ring (bicyclic) bond motifs is 1. The summed E-state index contributed by atoms with van der Waals surface area (Å²) in [6, 6.07) is 7.13. The molecular weight excluding hydrogens is 308 g/mol. The third kappa shape index (κ3) is 2.47. The average Bonchev–Trinajstić information content (AvgIpc) is 2.62. The highest BCUT2D eigenvalue weighted by Crippen LogP contribution is 2.32. The summed E-state index contributed by atoms with van der Waals surface area (Å²) >= 11 is 0. The third-order valence-electron chi connectivity index (χ3n) is 4.30. The molecule has 122 valence electrons. The van der Waals surface area contributed by atoms with Gasteiger partial charge in [0.25, 0.3) is 11.8 Å². The zero-order valence-electron chi connectivity index (χ0n) is 12.9. The number of carbonyl (C=O) groups is 2. The van der Waals surface area contributed by atoms with Crippen molar-refractivity contribution in [3.05, 3.63) is 54.1 Å². The van der Waals surface area contributed by atoms with Crippen molar-refractivity contribution >= 4 is 11.8 Å². The van der Waals surface area contributed by atoms with E-state index in [1.165, 1.54) is 18.6 Å². The molecule has 2 aliphatic rings. The van der Waals surface area contributed by atoms with Crippen LogP contribution in [0.4, 0.5) is 0 Å². The molecule has 7 nitrogen and oxygen atoms in total. The Balaban J connectivity index is 1.59. The molecule has 1 atom stereocenters. The summed E-state index contributed by atoms with van der Waals surface area (Å²) < 4.78 is 6.09. The average molecular weight is 324 g/mol. The number of nitrogens with one attached hydrogen (secondary N) is 1. The van der Waals surface area contributed by atoms with Gasteiger partial charge in [0, 0.05) is 25.4 Å². The van der Waals surface area contributed by atoms with Crippen LogP contribution in [0.3, 0.4) is 0 Å². The van der Waals surface area contributed by atoms with Gasteiger partial charge >= 0.3 is 0 Å². The second kappa shape index (κ2) is 5.59. The normalized spacial score (nSPS) is 22.5. The van der Waals surface area contributed by atoms with E-state index in [-0.39, 0.29) is 24.1 Å². The Morgan fingerprint density at radius 3 is 3.00 bits per heavy atom. The van der Waals surface area contributed by atoms with E-state index in [1.54, 1.807) is 23.1 Å². The molecular formula is C17H16N4O3. The molecule has 0 unspecified atom stereocenters. The molecule has 2 aliphatic heterocycles. The van der Waals surface area contributed by atoms with E-state index >= 15 is 0 Å². The summed E-state index contributed by atoms with van der Waals surface area (Å²) in [6.07, 6.45) is 5.84. The molecule has 1 aromatic carbocycles. The molecule has 1 fully saturated rings. The Hall–Kier alpha value is -2.96. The minimum Gasteiger partial charge on any atom is -0.465 e. The van der Waals surface area contributed by atoms with E-state index < -0.39 is 5.72 Å². The Labute approximate surface area is 138 Å². The zero-order chi connectivity index (χ0) is 16.6. The van der Waals surface area contributed by atoms with Gasteiger partial charge in [0.05, 0.1) is 18.3 Å². The molecule has 0 bridgehead atoms. The van der Waals surface area contributed by atoms with Crippen molar-refractivity contribution in [1.82, 2.24) is 20.2 Å². The number of hydrogen-bond donors (Lipinski definition) is 1. The fourth-order valence-electron chi connectivity index (χ4n) is 3.21. The minimum absolute atomic E-state index is 0.175. The first-order valence-corrected chi connectivity index (χ1v) is 7.83. The van der Waals surface area contributed by atoms with Gasteiger partial charge in [-0.1, -0.05) is 12.1 Å². The molecule has 0 saturated carbocycles. The molecule has 1 spiro atoms. The first kappa shape index (κ1) is 14.6. The molecule has 0 radical (unpaired) electrons. The largest absolute Gasteiger partial charge is 0.465 e. The summed E-state index contributed by atoms with van der Waals surface area (Å²) in [5.74, 6) is 0.166. The number of nitrogens with zero attached hydrogens (tertiary/aromatic N) is 3. The second-order valence-electron chi connectivity index (χ2n) is 5.97. The number of para-hydroxylation sites is 1. The van der Waals surface area contributed by atoms with Gasteiger partial charge in [-0.2, -0.15) is 0 Å². The van der Waals surface area contributed by atoms with E-state index in [1.807, 2.05) is 6.07 Å². The molecule has 1 saturated heterocycles. The van der Waals surface area contributed by atoms with Gasteiger partial charge < -0.3 is 15.0 Å². The number of amides is 2. The van der Waals surface area contributed by atoms with Crippen molar-refractivity contribution in [3.8, 4) is 5.75 Å². The van der Waals surface area contributed by atoms with E-state index in [2.05, 4.69) is 15.3 Å². The molecule has 3 heterocycles. The van der Waals surface area contributed by atoms with Crippen molar-refractivity contribution in [2.75, 3.05) is 13.1 Å². The third-order valence-corrected chi connectivity index (χ3v) is 4.30. The van der Waals surface area contributed by atoms with Crippen LogP contribution >= 0.6 is 0 Å². The summed E-state index contributed by atoms with van der Waals surface area (Å²) in [5, 5.41) is 2.93. The highest BCUT2D eigenvalue weighted by atomic mass is 16.5. The summed E-state index contributed by atoms with van der Waals surface area (Å²) in [5.41, 5.74) is -0.0840. The van der Waals surface area contributed by atoms with Crippen LogP contribution in [0.5, 0.6) is 5.75 Å². The standard InChI is InChI=1S/C17H16N4O3/c22-15-12-4-1-2-5-14(12)24-17(20-15)6-3-9-21(11-17)16(23)13-10-18-7-8-19-13/h1-2,4-5,7-8,10H,3,6,9,11H2,(H,20,22)/t17-/m0/s1. The molecule has 7 heteroatoms. The van der Waals surface area contributed by atoms with Crippen LogP contribution in [-0.2, 0) is 0 Å². The van der Waals surface area contributed by atoms with Gasteiger partial charge in [-0.15, -0.1) is 0 Å². The summed E-state index contributed by atoms with van der Waals surface area (Å²) in [6.45, 7) is 0.876. The maximum atomic E-state index is 12.6. The zero-order valence-corrected chi connectivity index (χ0v) is 12.9. The first-order chi connectivity index (χ1) is 11.7. The van der Waals surface area contributed by atoms with Crippen molar-refractivity contribution in [1.29, 1.82) is 0 Å². The van der Waals surface area contributed by atoms with Gasteiger partial charge in [-0.3, -0.25) is 14.6 Å². The summed E-state index contributed by atoms with van der Waals surface area (Å²) in [7, 11) is 0. The molecule has 24 heavy (non-hydrogen) atoms. The molecule has 4 rings (SSSR count). The Morgan fingerprint density at radius 2 is 2.17 bits per heavy atom. The molecule has 2 aromatic rings. The van der Waals surface area contributed by atoms with Crippen LogP contribution in [-0.4, -0.2) is 45.5 Å². The highest BCUT2D eigenvalue weighted by Gasteiger charge is 2.44. The fraction of sp³-hybridized carbons (Fsp3) is 0.294. The van der Waals surface area contributed by atoms with Crippen LogP contribution in [0.1, 0.15) is 33.7 Å².